The van der Waals surface area contributed by atoms with Gasteiger partial charge in [-0.25, -0.2) is 4.98 Å². The highest BCUT2D eigenvalue weighted by Crippen LogP contribution is 2.35. The van der Waals surface area contributed by atoms with Crippen molar-refractivity contribution in [2.24, 2.45) is 0 Å². The average Bonchev–Trinajstić information content (AvgIpc) is 2.24. The molecule has 16 heavy (non-hydrogen) atoms. The van der Waals surface area contributed by atoms with Gasteiger partial charge in [-0.2, -0.15) is 0 Å². The first kappa shape index (κ1) is 12.1. The summed E-state index contributed by atoms with van der Waals surface area (Å²) in [6.07, 6.45) is 1.66. The maximum atomic E-state index is 6.06. The second-order valence-electron chi connectivity index (χ2n) is 2.99. The van der Waals surface area contributed by atoms with Gasteiger partial charge in [-0.15, -0.1) is 0 Å². The van der Waals surface area contributed by atoms with E-state index >= 15 is 0 Å². The molecule has 1 aromatic carbocycles. The minimum Gasteiger partial charge on any atom is -0.244 e. The Bertz CT molecular complexity index is 516. The van der Waals surface area contributed by atoms with Gasteiger partial charge in [0.05, 0.1) is 5.02 Å². The van der Waals surface area contributed by atoms with E-state index in [9.17, 15) is 0 Å². The Labute approximate surface area is 113 Å². The molecular formula is C11H6Cl3NS. The van der Waals surface area contributed by atoms with Gasteiger partial charge in [-0.05, 0) is 30.3 Å². The Balaban J connectivity index is 2.30. The minimum absolute atomic E-state index is 0.461. The van der Waals surface area contributed by atoms with Crippen molar-refractivity contribution in [2.75, 3.05) is 0 Å². The van der Waals surface area contributed by atoms with Crippen molar-refractivity contribution in [1.82, 2.24) is 4.98 Å². The molecule has 0 saturated heterocycles. The van der Waals surface area contributed by atoms with Crippen LogP contribution < -0.4 is 0 Å². The first-order valence-electron chi connectivity index (χ1n) is 4.39. The highest BCUT2D eigenvalue weighted by atomic mass is 35.5. The number of nitrogens with zero attached hydrogens (tertiary/aromatic N) is 1. The maximum absolute atomic E-state index is 6.06. The van der Waals surface area contributed by atoms with Crippen LogP contribution in [0.2, 0.25) is 15.2 Å². The summed E-state index contributed by atoms with van der Waals surface area (Å²) in [6.45, 7) is 0. The number of hydrogen-bond acceptors (Lipinski definition) is 2. The van der Waals surface area contributed by atoms with Crippen LogP contribution in [0.5, 0.6) is 0 Å². The average molecular weight is 291 g/mol. The first-order valence-corrected chi connectivity index (χ1v) is 6.34. The predicted octanol–water partition coefficient (Wildman–Crippen LogP) is 5.19. The van der Waals surface area contributed by atoms with Crippen LogP contribution in [0.25, 0.3) is 0 Å². The van der Waals surface area contributed by atoms with Gasteiger partial charge >= 0.3 is 0 Å². The number of hydrogen-bond donors (Lipinski definition) is 0. The lowest BCUT2D eigenvalue weighted by Gasteiger charge is -2.04. The molecule has 1 nitrogen and oxygen atoms in total. The molecule has 5 heteroatoms. The lowest BCUT2D eigenvalue weighted by Crippen LogP contribution is -1.78. The molecule has 0 saturated carbocycles. The highest BCUT2D eigenvalue weighted by molar-refractivity contribution is 7.99. The number of aromatic nitrogens is 1. The Morgan fingerprint density at radius 3 is 2.56 bits per heavy atom. The van der Waals surface area contributed by atoms with Crippen LogP contribution in [0.1, 0.15) is 0 Å². The van der Waals surface area contributed by atoms with Gasteiger partial charge in [-0.1, -0.05) is 46.6 Å². The standard InChI is InChI=1S/C11H6Cl3NS/c12-7-1-2-9(13)10(5-7)16-8-3-4-15-11(14)6-8/h1-6H. The van der Waals surface area contributed by atoms with Gasteiger partial charge in [0.2, 0.25) is 0 Å². The quantitative estimate of drug-likeness (QED) is 0.706. The Kier molecular flexibility index (Phi) is 3.98. The van der Waals surface area contributed by atoms with Gasteiger partial charge in [-0.3, -0.25) is 0 Å². The van der Waals surface area contributed by atoms with E-state index in [4.69, 9.17) is 34.8 Å². The second kappa shape index (κ2) is 5.28. The van der Waals surface area contributed by atoms with Gasteiger partial charge in [0.25, 0.3) is 0 Å². The summed E-state index contributed by atoms with van der Waals surface area (Å²) >= 11 is 19.3. The lowest BCUT2D eigenvalue weighted by atomic mass is 10.4. The fourth-order valence-corrected chi connectivity index (χ4v) is 2.74. The molecule has 0 atom stereocenters. The number of halogens is 3. The third kappa shape index (κ3) is 3.05. The molecule has 0 radical (unpaired) electrons. The molecule has 2 rings (SSSR count). The minimum atomic E-state index is 0.461. The number of pyridine rings is 1. The summed E-state index contributed by atoms with van der Waals surface area (Å²) in [7, 11) is 0. The summed E-state index contributed by atoms with van der Waals surface area (Å²) in [5.41, 5.74) is 0. The molecule has 0 aliphatic heterocycles. The summed E-state index contributed by atoms with van der Waals surface area (Å²) < 4.78 is 0. The van der Waals surface area contributed by atoms with E-state index in [0.717, 1.165) is 9.79 Å². The molecule has 82 valence electrons. The van der Waals surface area contributed by atoms with Crippen molar-refractivity contribution in [2.45, 2.75) is 9.79 Å². The topological polar surface area (TPSA) is 12.9 Å². The van der Waals surface area contributed by atoms with Crippen molar-refractivity contribution in [3.63, 3.8) is 0 Å². The second-order valence-corrected chi connectivity index (χ2v) is 5.34. The largest absolute Gasteiger partial charge is 0.244 e. The first-order chi connectivity index (χ1) is 7.65. The molecule has 0 N–H and O–H groups in total. The summed E-state index contributed by atoms with van der Waals surface area (Å²) in [4.78, 5) is 5.79. The van der Waals surface area contributed by atoms with E-state index in [1.165, 1.54) is 11.8 Å². The Morgan fingerprint density at radius 1 is 1.00 bits per heavy atom. The highest BCUT2D eigenvalue weighted by Gasteiger charge is 2.04. The van der Waals surface area contributed by atoms with Crippen LogP contribution >= 0.6 is 46.6 Å². The van der Waals surface area contributed by atoms with Crippen LogP contribution in [0.3, 0.4) is 0 Å². The maximum Gasteiger partial charge on any atom is 0.130 e. The van der Waals surface area contributed by atoms with Crippen molar-refractivity contribution in [3.05, 3.63) is 51.7 Å². The summed E-state index contributed by atoms with van der Waals surface area (Å²) in [5.74, 6) is 0. The molecule has 0 unspecified atom stereocenters. The molecule has 1 aromatic heterocycles. The fraction of sp³-hybridized carbons (Fsp3) is 0. The summed E-state index contributed by atoms with van der Waals surface area (Å²) in [6, 6.07) is 9.00. The molecule has 0 aliphatic carbocycles. The predicted molar refractivity (Wildman–Crippen MR) is 69.8 cm³/mol. The Morgan fingerprint density at radius 2 is 1.81 bits per heavy atom. The van der Waals surface area contributed by atoms with E-state index < -0.39 is 0 Å². The molecule has 0 spiro atoms. The molecule has 0 bridgehead atoms. The molecular weight excluding hydrogens is 285 g/mol. The molecule has 0 aliphatic rings. The van der Waals surface area contributed by atoms with Gasteiger partial charge < -0.3 is 0 Å². The monoisotopic (exact) mass is 289 g/mol. The van der Waals surface area contributed by atoms with Crippen LogP contribution in [0.15, 0.2) is 46.3 Å². The zero-order valence-electron chi connectivity index (χ0n) is 7.95. The van der Waals surface area contributed by atoms with Gasteiger partial charge in [0.15, 0.2) is 0 Å². The molecule has 0 amide bonds. The third-order valence-electron chi connectivity index (χ3n) is 1.82. The van der Waals surface area contributed by atoms with Crippen molar-refractivity contribution in [1.29, 1.82) is 0 Å². The van der Waals surface area contributed by atoms with Crippen molar-refractivity contribution in [3.8, 4) is 0 Å². The number of benzene rings is 1. The third-order valence-corrected chi connectivity index (χ3v) is 3.75. The lowest BCUT2D eigenvalue weighted by molar-refractivity contribution is 1.26. The van der Waals surface area contributed by atoms with E-state index in [1.807, 2.05) is 12.1 Å². The zero-order valence-corrected chi connectivity index (χ0v) is 11.0. The zero-order chi connectivity index (χ0) is 11.5. The van der Waals surface area contributed by atoms with Crippen LogP contribution in [-0.2, 0) is 0 Å². The molecule has 0 fully saturated rings. The van der Waals surface area contributed by atoms with Gasteiger partial charge in [0, 0.05) is 21.0 Å². The SMILES string of the molecule is Clc1ccc(Cl)c(Sc2ccnc(Cl)c2)c1. The van der Waals surface area contributed by atoms with E-state index in [2.05, 4.69) is 4.98 Å². The van der Waals surface area contributed by atoms with Crippen molar-refractivity contribution >= 4 is 46.6 Å². The van der Waals surface area contributed by atoms with E-state index in [1.54, 1.807) is 24.4 Å². The van der Waals surface area contributed by atoms with E-state index in [-0.39, 0.29) is 0 Å². The van der Waals surface area contributed by atoms with Crippen LogP contribution in [0, 0.1) is 0 Å². The van der Waals surface area contributed by atoms with Crippen LogP contribution in [0.4, 0.5) is 0 Å². The molecule has 2 aromatic rings. The smallest absolute Gasteiger partial charge is 0.130 e. The molecule has 1 heterocycles. The normalized spacial score (nSPS) is 10.4. The fourth-order valence-electron chi connectivity index (χ4n) is 1.13. The van der Waals surface area contributed by atoms with Gasteiger partial charge in [0.1, 0.15) is 5.15 Å². The Hall–Kier alpha value is -0.410. The van der Waals surface area contributed by atoms with Crippen molar-refractivity contribution < 1.29 is 0 Å². The van der Waals surface area contributed by atoms with E-state index in [0.29, 0.717) is 15.2 Å². The van der Waals surface area contributed by atoms with Crippen LogP contribution in [-0.4, -0.2) is 4.98 Å². The number of rotatable bonds is 2. The summed E-state index contributed by atoms with van der Waals surface area (Å²) in [5, 5.41) is 1.79.